The van der Waals surface area contributed by atoms with E-state index in [1.54, 1.807) is 21.1 Å². The van der Waals surface area contributed by atoms with E-state index in [4.69, 9.17) is 18.9 Å². The van der Waals surface area contributed by atoms with Crippen molar-refractivity contribution in [2.24, 2.45) is 46.3 Å². The van der Waals surface area contributed by atoms with E-state index in [1.165, 1.54) is 26.4 Å². The molecule has 0 spiro atoms. The molecule has 4 aliphatic carbocycles. The summed E-state index contributed by atoms with van der Waals surface area (Å²) in [6.45, 7) is 8.76. The van der Waals surface area contributed by atoms with Gasteiger partial charge in [0.1, 0.15) is 6.10 Å². The number of esters is 2. The van der Waals surface area contributed by atoms with Crippen LogP contribution in [0.5, 0.6) is 0 Å². The molecule has 0 bridgehead atoms. The van der Waals surface area contributed by atoms with Crippen LogP contribution in [0.25, 0.3) is 0 Å². The topological polar surface area (TPSA) is 71.1 Å². The zero-order valence-electron chi connectivity index (χ0n) is 23.1. The summed E-state index contributed by atoms with van der Waals surface area (Å²) < 4.78 is 22.9. The third-order valence-electron chi connectivity index (χ3n) is 11.6. The smallest absolute Gasteiger partial charge is 0.305 e. The first-order valence-corrected chi connectivity index (χ1v) is 13.9. The number of carbonyl (C=O) groups excluding carboxylic acids is 2. The molecule has 0 radical (unpaired) electrons. The molecular formula is C29H48O6. The molecular weight excluding hydrogens is 444 g/mol. The van der Waals surface area contributed by atoms with Gasteiger partial charge in [-0.25, -0.2) is 0 Å². The lowest BCUT2D eigenvalue weighted by Gasteiger charge is -2.63. The van der Waals surface area contributed by atoms with Crippen LogP contribution in [-0.4, -0.2) is 45.2 Å². The third-order valence-corrected chi connectivity index (χ3v) is 11.6. The Bertz CT molecular complexity index is 792. The first kappa shape index (κ1) is 26.9. The summed E-state index contributed by atoms with van der Waals surface area (Å²) in [6.07, 6.45) is 9.96. The number of ether oxygens (including phenoxy) is 4. The van der Waals surface area contributed by atoms with Crippen molar-refractivity contribution in [3.63, 3.8) is 0 Å². The molecule has 4 saturated carbocycles. The summed E-state index contributed by atoms with van der Waals surface area (Å²) in [4.78, 5) is 24.2. The summed E-state index contributed by atoms with van der Waals surface area (Å²) in [5.41, 5.74) is 0.181. The van der Waals surface area contributed by atoms with Gasteiger partial charge >= 0.3 is 11.9 Å². The van der Waals surface area contributed by atoms with Gasteiger partial charge in [-0.3, -0.25) is 9.59 Å². The molecule has 200 valence electrons. The number of rotatable bonds is 7. The highest BCUT2D eigenvalue weighted by Gasteiger charge is 2.65. The van der Waals surface area contributed by atoms with Crippen LogP contribution in [0, 0.1) is 46.3 Å². The predicted molar refractivity (Wildman–Crippen MR) is 133 cm³/mol. The lowest BCUT2D eigenvalue weighted by molar-refractivity contribution is -0.266. The number of fused-ring (bicyclic) bond motifs is 5. The second-order valence-corrected chi connectivity index (χ2v) is 12.7. The lowest BCUT2D eigenvalue weighted by atomic mass is 9.43. The Morgan fingerprint density at radius 1 is 0.971 bits per heavy atom. The van der Waals surface area contributed by atoms with E-state index in [9.17, 15) is 9.59 Å². The fourth-order valence-corrected chi connectivity index (χ4v) is 9.57. The number of carbonyl (C=O) groups is 2. The molecule has 4 rings (SSSR count). The van der Waals surface area contributed by atoms with Gasteiger partial charge in [0, 0.05) is 45.8 Å². The Balaban J connectivity index is 1.61. The van der Waals surface area contributed by atoms with E-state index in [0.717, 1.165) is 38.5 Å². The zero-order valence-corrected chi connectivity index (χ0v) is 23.1. The summed E-state index contributed by atoms with van der Waals surface area (Å²) in [5.74, 6) is 2.44. The van der Waals surface area contributed by atoms with Crippen LogP contribution in [0.1, 0.15) is 91.9 Å². The first-order valence-electron chi connectivity index (χ1n) is 13.9. The van der Waals surface area contributed by atoms with Crippen molar-refractivity contribution in [1.82, 2.24) is 0 Å². The molecule has 6 nitrogen and oxygen atoms in total. The average Bonchev–Trinajstić information content (AvgIpc) is 3.20. The van der Waals surface area contributed by atoms with E-state index >= 15 is 0 Å². The van der Waals surface area contributed by atoms with Crippen molar-refractivity contribution in [3.05, 3.63) is 0 Å². The van der Waals surface area contributed by atoms with Gasteiger partial charge in [0.05, 0.1) is 7.11 Å². The van der Waals surface area contributed by atoms with Crippen LogP contribution in [0.4, 0.5) is 0 Å². The van der Waals surface area contributed by atoms with Crippen LogP contribution in [0.2, 0.25) is 0 Å². The minimum Gasteiger partial charge on any atom is -0.469 e. The Labute approximate surface area is 212 Å². The molecule has 0 unspecified atom stereocenters. The maximum Gasteiger partial charge on any atom is 0.305 e. The minimum atomic E-state index is -0.455. The molecule has 0 heterocycles. The number of methoxy groups -OCH3 is 3. The Kier molecular flexibility index (Phi) is 7.66. The largest absolute Gasteiger partial charge is 0.469 e. The highest BCUT2D eigenvalue weighted by Crippen LogP contribution is 2.69. The molecule has 0 aliphatic heterocycles. The van der Waals surface area contributed by atoms with Crippen molar-refractivity contribution < 1.29 is 28.5 Å². The lowest BCUT2D eigenvalue weighted by Crippen LogP contribution is -2.60. The highest BCUT2D eigenvalue weighted by molar-refractivity contribution is 5.69. The molecule has 6 heteroatoms. The van der Waals surface area contributed by atoms with Crippen LogP contribution < -0.4 is 0 Å². The fraction of sp³-hybridized carbons (Fsp3) is 0.931. The molecule has 0 aromatic carbocycles. The van der Waals surface area contributed by atoms with Gasteiger partial charge in [-0.1, -0.05) is 20.8 Å². The predicted octanol–water partition coefficient (Wildman–Crippen LogP) is 5.77. The molecule has 4 aliphatic rings. The Hall–Kier alpha value is -1.14. The summed E-state index contributed by atoms with van der Waals surface area (Å²) in [7, 11) is 5.02. The highest BCUT2D eigenvalue weighted by atomic mass is 16.7. The van der Waals surface area contributed by atoms with E-state index in [1.807, 2.05) is 0 Å². The molecule has 0 aromatic rings. The van der Waals surface area contributed by atoms with Crippen LogP contribution in [0.15, 0.2) is 0 Å². The summed E-state index contributed by atoms with van der Waals surface area (Å²) >= 11 is 0. The zero-order chi connectivity index (χ0) is 25.6. The molecule has 9 atom stereocenters. The van der Waals surface area contributed by atoms with E-state index in [0.29, 0.717) is 41.9 Å². The van der Waals surface area contributed by atoms with Crippen LogP contribution in [-0.2, 0) is 28.5 Å². The fourth-order valence-electron chi connectivity index (χ4n) is 9.57. The van der Waals surface area contributed by atoms with Crippen molar-refractivity contribution in [2.75, 3.05) is 21.3 Å². The molecule has 0 amide bonds. The quantitative estimate of drug-likeness (QED) is 0.332. The molecule has 35 heavy (non-hydrogen) atoms. The van der Waals surface area contributed by atoms with Crippen molar-refractivity contribution in [2.45, 2.75) is 104 Å². The second-order valence-electron chi connectivity index (χ2n) is 12.7. The number of hydrogen-bond acceptors (Lipinski definition) is 6. The molecule has 0 saturated heterocycles. The van der Waals surface area contributed by atoms with E-state index in [-0.39, 0.29) is 28.9 Å². The van der Waals surface area contributed by atoms with Crippen molar-refractivity contribution in [1.29, 1.82) is 0 Å². The molecule has 0 N–H and O–H groups in total. The third kappa shape index (κ3) is 4.45. The average molecular weight is 493 g/mol. The van der Waals surface area contributed by atoms with E-state index in [2.05, 4.69) is 20.8 Å². The minimum absolute atomic E-state index is 0.0386. The maximum absolute atomic E-state index is 12.3. The van der Waals surface area contributed by atoms with Crippen LogP contribution >= 0.6 is 0 Å². The maximum atomic E-state index is 12.3. The first-order chi connectivity index (χ1) is 16.5. The van der Waals surface area contributed by atoms with Crippen molar-refractivity contribution in [3.8, 4) is 0 Å². The van der Waals surface area contributed by atoms with E-state index < -0.39 is 5.79 Å². The molecule has 0 aromatic heterocycles. The van der Waals surface area contributed by atoms with Gasteiger partial charge in [-0.2, -0.15) is 0 Å². The summed E-state index contributed by atoms with van der Waals surface area (Å²) in [5, 5.41) is 0. The van der Waals surface area contributed by atoms with Gasteiger partial charge in [0.25, 0.3) is 0 Å². The summed E-state index contributed by atoms with van der Waals surface area (Å²) in [6, 6.07) is 0. The van der Waals surface area contributed by atoms with Crippen LogP contribution in [0.3, 0.4) is 0 Å². The Morgan fingerprint density at radius 3 is 2.31 bits per heavy atom. The molecule has 4 fully saturated rings. The standard InChI is InChI=1S/C29H48O6/c1-18(8-13-26(31)32-5)22-11-12-23-21-10-9-20-17-29(33-6,34-7)15-14-27(20,3)24(21)16-25(28(22,23)4)35-19(2)30/h18,20-25H,8-17H2,1-7H3/t18-,20-,21+,22+,23-,24+,25+,27+,28+/m1/s1. The second kappa shape index (κ2) is 9.96. The van der Waals surface area contributed by atoms with Gasteiger partial charge in [0.15, 0.2) is 5.79 Å². The van der Waals surface area contributed by atoms with Gasteiger partial charge in [-0.05, 0) is 85.9 Å². The monoisotopic (exact) mass is 492 g/mol. The SMILES string of the molecule is COC(=O)CC[C@@H](C)[C@@H]1CC[C@@H]2[C@@H]3CC[C@@H]4CC(OC)(OC)CC[C@]4(C)[C@H]3C[C@H](OC(C)=O)[C@]21C. The van der Waals surface area contributed by atoms with Crippen molar-refractivity contribution >= 4 is 11.9 Å². The number of hydrogen-bond donors (Lipinski definition) is 0. The van der Waals surface area contributed by atoms with Gasteiger partial charge in [-0.15, -0.1) is 0 Å². The van der Waals surface area contributed by atoms with Gasteiger partial charge in [0.2, 0.25) is 0 Å². The normalized spacial score (nSPS) is 42.8. The Morgan fingerprint density at radius 2 is 1.69 bits per heavy atom. The van der Waals surface area contributed by atoms with Gasteiger partial charge < -0.3 is 18.9 Å².